The zero-order valence-corrected chi connectivity index (χ0v) is 16.6. The average molecular weight is 392 g/mol. The summed E-state index contributed by atoms with van der Waals surface area (Å²) in [6, 6.07) is 5.76. The summed E-state index contributed by atoms with van der Waals surface area (Å²) in [5, 5.41) is 0.601. The molecule has 8 heteroatoms. The van der Waals surface area contributed by atoms with Crippen molar-refractivity contribution in [2.45, 2.75) is 26.8 Å². The minimum atomic E-state index is -0.102. The fourth-order valence-corrected chi connectivity index (χ4v) is 3.40. The van der Waals surface area contributed by atoms with Gasteiger partial charge >= 0.3 is 0 Å². The fraction of sp³-hybridized carbons (Fsp3) is 0.444. The average Bonchev–Trinajstić information content (AvgIpc) is 2.60. The third-order valence-electron chi connectivity index (χ3n) is 4.18. The molecule has 3 rings (SSSR count). The van der Waals surface area contributed by atoms with Crippen LogP contribution in [0.3, 0.4) is 0 Å². The van der Waals surface area contributed by atoms with Crippen molar-refractivity contribution in [2.24, 2.45) is 5.41 Å². The van der Waals surface area contributed by atoms with Gasteiger partial charge in [-0.1, -0.05) is 44.6 Å². The minimum absolute atomic E-state index is 0.00731. The fourth-order valence-electron chi connectivity index (χ4n) is 2.94. The van der Waals surface area contributed by atoms with Gasteiger partial charge in [-0.3, -0.25) is 0 Å². The molecule has 1 aliphatic heterocycles. The number of hydrogen-bond acceptors (Lipinski definition) is 6. The van der Waals surface area contributed by atoms with Crippen LogP contribution < -0.4 is 5.73 Å². The van der Waals surface area contributed by atoms with Crippen molar-refractivity contribution in [2.75, 3.05) is 25.5 Å². The van der Waals surface area contributed by atoms with Crippen LogP contribution in [0.1, 0.15) is 32.4 Å². The highest BCUT2D eigenvalue weighted by Gasteiger charge is 2.32. The molecule has 26 heavy (non-hydrogen) atoms. The molecule has 0 bridgehead atoms. The third kappa shape index (κ3) is 4.11. The summed E-state index contributed by atoms with van der Waals surface area (Å²) < 4.78 is 5.73. The van der Waals surface area contributed by atoms with Crippen molar-refractivity contribution in [3.63, 3.8) is 0 Å². The molecule has 1 aliphatic rings. The maximum Gasteiger partial charge on any atom is 0.223 e. The van der Waals surface area contributed by atoms with Crippen LogP contribution >= 0.6 is 23.8 Å². The Balaban J connectivity index is 2.00. The van der Waals surface area contributed by atoms with Gasteiger partial charge < -0.3 is 15.4 Å². The maximum atomic E-state index is 6.38. The zero-order chi connectivity index (χ0) is 18.9. The maximum absolute atomic E-state index is 6.38. The SMILES string of the molecule is CC(C)(C)C(=S)N1CCOCC1c1cc(Cl)cc(-c2ncnc(N)n2)c1. The smallest absolute Gasteiger partial charge is 0.223 e. The second kappa shape index (κ2) is 7.42. The lowest BCUT2D eigenvalue weighted by atomic mass is 9.93. The summed E-state index contributed by atoms with van der Waals surface area (Å²) in [5.74, 6) is 0.663. The number of morpholine rings is 1. The van der Waals surface area contributed by atoms with Gasteiger partial charge in [0, 0.05) is 22.5 Å². The molecule has 1 aromatic carbocycles. The van der Waals surface area contributed by atoms with Crippen molar-refractivity contribution in [1.82, 2.24) is 19.9 Å². The van der Waals surface area contributed by atoms with E-state index in [0.717, 1.165) is 22.7 Å². The van der Waals surface area contributed by atoms with Crippen molar-refractivity contribution in [3.05, 3.63) is 35.1 Å². The zero-order valence-electron chi connectivity index (χ0n) is 15.1. The lowest BCUT2D eigenvalue weighted by molar-refractivity contribution is 0.0236. The van der Waals surface area contributed by atoms with E-state index >= 15 is 0 Å². The van der Waals surface area contributed by atoms with Gasteiger partial charge in [-0.2, -0.15) is 4.98 Å². The first kappa shape index (κ1) is 18.9. The van der Waals surface area contributed by atoms with Gasteiger partial charge in [0.05, 0.1) is 24.2 Å². The number of nitrogens with zero attached hydrogens (tertiary/aromatic N) is 4. The lowest BCUT2D eigenvalue weighted by Gasteiger charge is -2.41. The molecule has 0 saturated carbocycles. The molecular weight excluding hydrogens is 370 g/mol. The molecule has 0 amide bonds. The third-order valence-corrected chi connectivity index (χ3v) is 5.25. The molecule has 1 aromatic heterocycles. The number of ether oxygens (including phenoxy) is 1. The van der Waals surface area contributed by atoms with Crippen LogP contribution in [-0.2, 0) is 4.74 Å². The van der Waals surface area contributed by atoms with Gasteiger partial charge in [0.25, 0.3) is 0 Å². The number of benzene rings is 1. The van der Waals surface area contributed by atoms with Crippen LogP contribution in [0.2, 0.25) is 5.02 Å². The molecule has 2 N–H and O–H groups in total. The summed E-state index contributed by atoms with van der Waals surface area (Å²) >= 11 is 12.1. The topological polar surface area (TPSA) is 77.2 Å². The number of hydrogen-bond donors (Lipinski definition) is 1. The Kier molecular flexibility index (Phi) is 5.41. The summed E-state index contributed by atoms with van der Waals surface area (Å²) in [7, 11) is 0. The van der Waals surface area contributed by atoms with E-state index in [2.05, 4.69) is 40.6 Å². The van der Waals surface area contributed by atoms with Crippen LogP contribution in [0.15, 0.2) is 24.5 Å². The monoisotopic (exact) mass is 391 g/mol. The van der Waals surface area contributed by atoms with Crippen molar-refractivity contribution >= 4 is 34.8 Å². The van der Waals surface area contributed by atoms with Gasteiger partial charge in [-0.15, -0.1) is 0 Å². The number of anilines is 1. The second-order valence-electron chi connectivity index (χ2n) is 7.28. The number of aromatic nitrogens is 3. The highest BCUT2D eigenvalue weighted by molar-refractivity contribution is 7.80. The van der Waals surface area contributed by atoms with Crippen molar-refractivity contribution in [3.8, 4) is 11.4 Å². The highest BCUT2D eigenvalue weighted by atomic mass is 35.5. The molecule has 2 aromatic rings. The Labute approximate surface area is 163 Å². The molecule has 138 valence electrons. The summed E-state index contributed by atoms with van der Waals surface area (Å²) in [6.45, 7) is 8.33. The molecule has 2 heterocycles. The Morgan fingerprint density at radius 1 is 1.31 bits per heavy atom. The van der Waals surface area contributed by atoms with E-state index in [1.165, 1.54) is 6.33 Å². The van der Waals surface area contributed by atoms with Crippen molar-refractivity contribution < 1.29 is 4.74 Å². The largest absolute Gasteiger partial charge is 0.377 e. The lowest BCUT2D eigenvalue weighted by Crippen LogP contribution is -2.46. The van der Waals surface area contributed by atoms with Crippen molar-refractivity contribution in [1.29, 1.82) is 0 Å². The van der Waals surface area contributed by atoms with Crippen LogP contribution in [-0.4, -0.2) is 44.6 Å². The number of nitrogens with two attached hydrogens (primary N) is 1. The Bertz CT molecular complexity index is 823. The van der Waals surface area contributed by atoms with E-state index in [1.54, 1.807) is 0 Å². The van der Waals surface area contributed by atoms with Gasteiger partial charge in [0.2, 0.25) is 5.95 Å². The second-order valence-corrected chi connectivity index (χ2v) is 8.10. The predicted molar refractivity (Wildman–Crippen MR) is 107 cm³/mol. The molecule has 1 saturated heterocycles. The van der Waals surface area contributed by atoms with Gasteiger partial charge in [0.1, 0.15) is 6.33 Å². The first-order valence-corrected chi connectivity index (χ1v) is 9.18. The van der Waals surface area contributed by atoms with E-state index in [4.69, 9.17) is 34.3 Å². The van der Waals surface area contributed by atoms with Crippen LogP contribution in [0, 0.1) is 5.41 Å². The van der Waals surface area contributed by atoms with E-state index < -0.39 is 0 Å². The minimum Gasteiger partial charge on any atom is -0.377 e. The van der Waals surface area contributed by atoms with Gasteiger partial charge in [-0.05, 0) is 23.8 Å². The van der Waals surface area contributed by atoms with Gasteiger partial charge in [-0.25, -0.2) is 9.97 Å². The standard InChI is InChI=1S/C18H22ClN5OS/c1-18(2,3)16(26)24-4-5-25-9-14(24)11-6-12(8-13(19)7-11)15-21-10-22-17(20)23-15/h6-8,10,14H,4-5,9H2,1-3H3,(H2,20,21,22,23). The molecule has 1 unspecified atom stereocenters. The normalized spacial score (nSPS) is 18.0. The molecule has 0 aliphatic carbocycles. The number of rotatable bonds is 2. The van der Waals surface area contributed by atoms with E-state index in [-0.39, 0.29) is 17.4 Å². The summed E-state index contributed by atoms with van der Waals surface area (Å²) in [4.78, 5) is 15.4. The molecular formula is C18H22ClN5OS. The molecule has 6 nitrogen and oxygen atoms in total. The Hall–Kier alpha value is -1.83. The van der Waals surface area contributed by atoms with Gasteiger partial charge in [0.15, 0.2) is 5.82 Å². The number of nitrogen functional groups attached to an aromatic ring is 1. The molecule has 0 spiro atoms. The molecule has 0 radical (unpaired) electrons. The van der Waals surface area contributed by atoms with Crippen LogP contribution in [0.25, 0.3) is 11.4 Å². The van der Waals surface area contributed by atoms with E-state index in [9.17, 15) is 0 Å². The first-order chi connectivity index (χ1) is 12.3. The highest BCUT2D eigenvalue weighted by Crippen LogP contribution is 2.33. The van der Waals surface area contributed by atoms with E-state index in [0.29, 0.717) is 24.1 Å². The van der Waals surface area contributed by atoms with Crippen LogP contribution in [0.5, 0.6) is 0 Å². The quantitative estimate of drug-likeness (QED) is 0.784. The molecule has 1 atom stereocenters. The Morgan fingerprint density at radius 2 is 2.08 bits per heavy atom. The molecule has 1 fully saturated rings. The number of thiocarbonyl (C=S) groups is 1. The summed E-state index contributed by atoms with van der Waals surface area (Å²) in [6.07, 6.45) is 1.39. The van der Waals surface area contributed by atoms with E-state index in [1.807, 2.05) is 18.2 Å². The summed E-state index contributed by atoms with van der Waals surface area (Å²) in [5.41, 5.74) is 7.38. The van der Waals surface area contributed by atoms with Crippen LogP contribution in [0.4, 0.5) is 5.95 Å². The predicted octanol–water partition coefficient (Wildman–Crippen LogP) is 3.52. The first-order valence-electron chi connectivity index (χ1n) is 8.40. The number of halogens is 1. The Morgan fingerprint density at radius 3 is 2.77 bits per heavy atom.